The average molecular weight is 502 g/mol. The molecule has 0 bridgehead atoms. The van der Waals surface area contributed by atoms with Gasteiger partial charge in [0.2, 0.25) is 0 Å². The highest BCUT2D eigenvalue weighted by Crippen LogP contribution is 2.45. The number of aliphatic hydroxyl groups is 1. The van der Waals surface area contributed by atoms with E-state index in [0.29, 0.717) is 21.3 Å². The van der Waals surface area contributed by atoms with Gasteiger partial charge in [-0.25, -0.2) is 9.37 Å². The maximum absolute atomic E-state index is 13.8. The molecule has 4 aromatic rings. The number of benzene rings is 3. The van der Waals surface area contributed by atoms with Crippen molar-refractivity contribution in [1.82, 2.24) is 4.98 Å². The van der Waals surface area contributed by atoms with Crippen LogP contribution in [0.1, 0.15) is 28.3 Å². The minimum Gasteiger partial charge on any atom is -0.507 e. The van der Waals surface area contributed by atoms with Crippen LogP contribution in [0.5, 0.6) is 0 Å². The number of halogens is 1. The van der Waals surface area contributed by atoms with Crippen molar-refractivity contribution >= 4 is 49.8 Å². The highest BCUT2D eigenvalue weighted by atomic mass is 32.1. The Morgan fingerprint density at radius 3 is 2.44 bits per heavy atom. The van der Waals surface area contributed by atoms with Crippen LogP contribution < -0.4 is 9.80 Å². The molecule has 1 atom stereocenters. The normalized spacial score (nSPS) is 17.2. The summed E-state index contributed by atoms with van der Waals surface area (Å²) in [5.74, 6) is -2.22. The maximum Gasteiger partial charge on any atom is 0.301 e. The summed E-state index contributed by atoms with van der Waals surface area (Å²) in [6.45, 7) is 3.74. The SMILES string of the molecule is Cc1ccc(C)c(/C(O)=C2\C(=O)C(=O)N(c3nc4ccc(F)cc4s3)C2c2ccc(N(C)C)cc2)c1. The van der Waals surface area contributed by atoms with Crippen LogP contribution in [0, 0.1) is 19.7 Å². The zero-order valence-corrected chi connectivity index (χ0v) is 21.1. The van der Waals surface area contributed by atoms with Crippen molar-refractivity contribution in [2.45, 2.75) is 19.9 Å². The Balaban J connectivity index is 1.74. The van der Waals surface area contributed by atoms with Gasteiger partial charge in [0.15, 0.2) is 5.13 Å². The molecule has 36 heavy (non-hydrogen) atoms. The molecule has 8 heteroatoms. The zero-order valence-electron chi connectivity index (χ0n) is 20.2. The van der Waals surface area contributed by atoms with Gasteiger partial charge in [-0.1, -0.05) is 41.2 Å². The summed E-state index contributed by atoms with van der Waals surface area (Å²) in [6, 6.07) is 16.3. The van der Waals surface area contributed by atoms with Gasteiger partial charge in [-0.15, -0.1) is 0 Å². The van der Waals surface area contributed by atoms with Gasteiger partial charge in [0.25, 0.3) is 5.78 Å². The Kier molecular flexibility index (Phi) is 5.84. The van der Waals surface area contributed by atoms with Crippen LogP contribution in [0.4, 0.5) is 15.2 Å². The average Bonchev–Trinajstić information content (AvgIpc) is 3.38. The predicted molar refractivity (Wildman–Crippen MR) is 141 cm³/mol. The van der Waals surface area contributed by atoms with E-state index in [9.17, 15) is 19.1 Å². The lowest BCUT2D eigenvalue weighted by molar-refractivity contribution is -0.132. The van der Waals surface area contributed by atoms with Gasteiger partial charge in [0.05, 0.1) is 21.8 Å². The number of hydrogen-bond donors (Lipinski definition) is 1. The molecule has 3 aromatic carbocycles. The molecular weight excluding hydrogens is 477 g/mol. The summed E-state index contributed by atoms with van der Waals surface area (Å²) in [7, 11) is 3.84. The van der Waals surface area contributed by atoms with E-state index in [1.807, 2.05) is 69.2 Å². The first-order valence-electron chi connectivity index (χ1n) is 11.4. The summed E-state index contributed by atoms with van der Waals surface area (Å²) < 4.78 is 14.4. The first-order chi connectivity index (χ1) is 17.2. The number of hydrogen-bond acceptors (Lipinski definition) is 6. The predicted octanol–water partition coefficient (Wildman–Crippen LogP) is 5.74. The number of ketones is 1. The number of aryl methyl sites for hydroxylation is 2. The van der Waals surface area contributed by atoms with Gasteiger partial charge >= 0.3 is 5.91 Å². The van der Waals surface area contributed by atoms with Crippen molar-refractivity contribution in [1.29, 1.82) is 0 Å². The lowest BCUT2D eigenvalue weighted by Crippen LogP contribution is -2.29. The van der Waals surface area contributed by atoms with Crippen molar-refractivity contribution in [2.24, 2.45) is 0 Å². The number of carbonyl (C=O) groups is 2. The number of aromatic nitrogens is 1. The third-order valence-electron chi connectivity index (χ3n) is 6.36. The molecule has 1 aromatic heterocycles. The van der Waals surface area contributed by atoms with Crippen LogP contribution in [-0.2, 0) is 9.59 Å². The first kappa shape index (κ1) is 23.7. The summed E-state index contributed by atoms with van der Waals surface area (Å²) in [5, 5.41) is 11.7. The van der Waals surface area contributed by atoms with Gasteiger partial charge in [-0.05, 0) is 61.4 Å². The van der Waals surface area contributed by atoms with Gasteiger partial charge < -0.3 is 10.0 Å². The number of fused-ring (bicyclic) bond motifs is 1. The van der Waals surface area contributed by atoms with E-state index in [1.165, 1.54) is 23.1 Å². The second-order valence-electron chi connectivity index (χ2n) is 9.08. The maximum atomic E-state index is 13.8. The molecule has 1 fully saturated rings. The minimum absolute atomic E-state index is 0.00302. The number of rotatable bonds is 4. The van der Waals surface area contributed by atoms with Crippen LogP contribution in [0.2, 0.25) is 0 Å². The van der Waals surface area contributed by atoms with E-state index in [1.54, 1.807) is 6.07 Å². The number of carbonyl (C=O) groups excluding carboxylic acids is 2. The fourth-order valence-corrected chi connectivity index (χ4v) is 5.44. The molecule has 1 aliphatic heterocycles. The molecule has 1 aliphatic rings. The van der Waals surface area contributed by atoms with Gasteiger partial charge in [0, 0.05) is 25.3 Å². The fraction of sp³-hybridized carbons (Fsp3) is 0.179. The number of amides is 1. The smallest absolute Gasteiger partial charge is 0.301 e. The van der Waals surface area contributed by atoms with Crippen molar-refractivity contribution in [3.8, 4) is 0 Å². The van der Waals surface area contributed by atoms with Crippen molar-refractivity contribution < 1.29 is 19.1 Å². The Labute approximate surface area is 211 Å². The lowest BCUT2D eigenvalue weighted by Gasteiger charge is -2.24. The summed E-state index contributed by atoms with van der Waals surface area (Å²) >= 11 is 1.13. The van der Waals surface area contributed by atoms with Crippen LogP contribution in [0.25, 0.3) is 16.0 Å². The highest BCUT2D eigenvalue weighted by molar-refractivity contribution is 7.22. The molecule has 1 unspecified atom stereocenters. The monoisotopic (exact) mass is 501 g/mol. The number of aliphatic hydroxyl groups excluding tert-OH is 1. The van der Waals surface area contributed by atoms with Crippen LogP contribution >= 0.6 is 11.3 Å². The molecule has 1 saturated heterocycles. The second kappa shape index (κ2) is 8.87. The van der Waals surface area contributed by atoms with Crippen LogP contribution in [0.3, 0.4) is 0 Å². The van der Waals surface area contributed by atoms with E-state index in [0.717, 1.165) is 28.2 Å². The second-order valence-corrected chi connectivity index (χ2v) is 10.1. The van der Waals surface area contributed by atoms with Gasteiger partial charge in [0.1, 0.15) is 11.6 Å². The first-order valence-corrected chi connectivity index (χ1v) is 12.2. The number of Topliss-reactive ketones (excluding diaryl/α,β-unsaturated/α-hetero) is 1. The lowest BCUT2D eigenvalue weighted by atomic mass is 9.93. The molecular formula is C28H24FN3O3S. The Morgan fingerprint density at radius 2 is 1.75 bits per heavy atom. The Bertz CT molecular complexity index is 1560. The molecule has 2 heterocycles. The van der Waals surface area contributed by atoms with E-state index in [4.69, 9.17) is 0 Å². The summed E-state index contributed by atoms with van der Waals surface area (Å²) in [6.07, 6.45) is 0. The minimum atomic E-state index is -0.897. The molecule has 6 nitrogen and oxygen atoms in total. The molecule has 182 valence electrons. The van der Waals surface area contributed by atoms with Gasteiger partial charge in [-0.2, -0.15) is 0 Å². The largest absolute Gasteiger partial charge is 0.507 e. The summed E-state index contributed by atoms with van der Waals surface area (Å²) in [4.78, 5) is 34.6. The molecule has 5 rings (SSSR count). The molecule has 1 N–H and O–H groups in total. The molecule has 0 aliphatic carbocycles. The van der Waals surface area contributed by atoms with Gasteiger partial charge in [-0.3, -0.25) is 14.5 Å². The van der Waals surface area contributed by atoms with Crippen molar-refractivity contribution in [3.05, 3.63) is 94.3 Å². The molecule has 1 amide bonds. The molecule has 0 saturated carbocycles. The van der Waals surface area contributed by atoms with Crippen LogP contribution in [0.15, 0.2) is 66.2 Å². The number of anilines is 2. The summed E-state index contributed by atoms with van der Waals surface area (Å²) in [5.41, 5.74) is 4.30. The van der Waals surface area contributed by atoms with E-state index in [-0.39, 0.29) is 16.5 Å². The quantitative estimate of drug-likeness (QED) is 0.219. The third kappa shape index (κ3) is 3.93. The van der Waals surface area contributed by atoms with Crippen molar-refractivity contribution in [2.75, 3.05) is 23.9 Å². The van der Waals surface area contributed by atoms with E-state index < -0.39 is 23.5 Å². The van der Waals surface area contributed by atoms with E-state index in [2.05, 4.69) is 4.98 Å². The van der Waals surface area contributed by atoms with E-state index >= 15 is 0 Å². The molecule has 0 spiro atoms. The highest BCUT2D eigenvalue weighted by Gasteiger charge is 2.48. The fourth-order valence-electron chi connectivity index (χ4n) is 4.43. The van der Waals surface area contributed by atoms with Crippen molar-refractivity contribution in [3.63, 3.8) is 0 Å². The van der Waals surface area contributed by atoms with Crippen LogP contribution in [-0.4, -0.2) is 35.9 Å². The Hall–Kier alpha value is -4.04. The zero-order chi connectivity index (χ0) is 25.7. The Morgan fingerprint density at radius 1 is 1.03 bits per heavy atom. The number of thiazole rings is 1. The molecule has 0 radical (unpaired) electrons. The number of nitrogens with zero attached hydrogens (tertiary/aromatic N) is 3. The standard InChI is InChI=1S/C28H24FN3O3S/c1-15-5-6-16(2)20(13-15)25(33)23-24(17-7-10-19(11-8-17)31(3)4)32(27(35)26(23)34)28-30-21-12-9-18(29)14-22(21)36-28/h5-14,24,33H,1-4H3/b25-23+. The third-order valence-corrected chi connectivity index (χ3v) is 7.38. The topological polar surface area (TPSA) is 73.7 Å².